The van der Waals surface area contributed by atoms with Crippen LogP contribution in [-0.2, 0) is 17.2 Å². The van der Waals surface area contributed by atoms with Crippen molar-refractivity contribution in [2.45, 2.75) is 11.3 Å². The van der Waals surface area contributed by atoms with Crippen LogP contribution < -0.4 is 5.73 Å². The Labute approximate surface area is 106 Å². The molecule has 2 nitrogen and oxygen atoms in total. The van der Waals surface area contributed by atoms with Gasteiger partial charge < -0.3 is 5.73 Å². The van der Waals surface area contributed by atoms with E-state index in [1.165, 1.54) is 23.1 Å². The van der Waals surface area contributed by atoms with Gasteiger partial charge in [0.25, 0.3) is 0 Å². The maximum absolute atomic E-state index is 13.0. The van der Waals surface area contributed by atoms with E-state index in [1.807, 2.05) is 17.5 Å². The van der Waals surface area contributed by atoms with Gasteiger partial charge in [0.1, 0.15) is 5.82 Å². The summed E-state index contributed by atoms with van der Waals surface area (Å²) >= 11 is 1.63. The molecule has 17 heavy (non-hydrogen) atoms. The summed E-state index contributed by atoms with van der Waals surface area (Å²) in [7, 11) is -1.25. The molecule has 1 unspecified atom stereocenters. The van der Waals surface area contributed by atoms with Gasteiger partial charge in [-0.3, -0.25) is 4.21 Å². The molecule has 0 saturated heterocycles. The molecule has 2 rings (SSSR count). The number of hydrogen-bond donors (Lipinski definition) is 1. The zero-order valence-corrected chi connectivity index (χ0v) is 10.7. The van der Waals surface area contributed by atoms with Crippen molar-refractivity contribution < 1.29 is 8.60 Å². The molecular weight excluding hydrogens is 257 g/mol. The summed E-state index contributed by atoms with van der Waals surface area (Å²) in [5.74, 6) is 0.0624. The number of aryl methyl sites for hydroxylation is 1. The van der Waals surface area contributed by atoms with Gasteiger partial charge in [0.2, 0.25) is 0 Å². The first-order chi connectivity index (χ1) is 8.16. The van der Waals surface area contributed by atoms with Gasteiger partial charge in [-0.05, 0) is 36.1 Å². The predicted octanol–water partition coefficient (Wildman–Crippen LogP) is 2.82. The predicted molar refractivity (Wildman–Crippen MR) is 70.1 cm³/mol. The van der Waals surface area contributed by atoms with Crippen LogP contribution in [0.4, 0.5) is 10.1 Å². The highest BCUT2D eigenvalue weighted by molar-refractivity contribution is 7.85. The molecular formula is C12H12FNOS2. The van der Waals surface area contributed by atoms with Crippen LogP contribution >= 0.6 is 11.3 Å². The van der Waals surface area contributed by atoms with Gasteiger partial charge in [-0.1, -0.05) is 6.07 Å². The Morgan fingerprint density at radius 2 is 2.18 bits per heavy atom. The molecule has 0 aliphatic rings. The van der Waals surface area contributed by atoms with Crippen molar-refractivity contribution in [2.24, 2.45) is 0 Å². The van der Waals surface area contributed by atoms with Gasteiger partial charge in [0.15, 0.2) is 0 Å². The molecule has 0 radical (unpaired) electrons. The smallest absolute Gasteiger partial charge is 0.124 e. The summed E-state index contributed by atoms with van der Waals surface area (Å²) in [5, 5.41) is 1.98. The Bertz CT molecular complexity index is 525. The molecule has 1 atom stereocenters. The van der Waals surface area contributed by atoms with Crippen molar-refractivity contribution in [2.75, 3.05) is 11.5 Å². The third kappa shape index (κ3) is 3.14. The van der Waals surface area contributed by atoms with Gasteiger partial charge in [-0.2, -0.15) is 0 Å². The zero-order chi connectivity index (χ0) is 12.3. The molecule has 1 aromatic carbocycles. The van der Waals surface area contributed by atoms with Crippen molar-refractivity contribution in [1.29, 1.82) is 0 Å². The average molecular weight is 269 g/mol. The number of benzene rings is 1. The van der Waals surface area contributed by atoms with Gasteiger partial charge in [-0.15, -0.1) is 11.3 Å². The van der Waals surface area contributed by atoms with E-state index >= 15 is 0 Å². The van der Waals surface area contributed by atoms with Crippen molar-refractivity contribution in [3.63, 3.8) is 0 Å². The topological polar surface area (TPSA) is 43.1 Å². The molecule has 0 fully saturated rings. The standard InChI is InChI=1S/C12H12FNOS2/c13-9-3-4-11(14)12(8-9)17(15)7-5-10-2-1-6-16-10/h1-4,6,8H,5,7,14H2. The summed E-state index contributed by atoms with van der Waals surface area (Å²) in [6, 6.07) is 7.93. The number of hydrogen-bond acceptors (Lipinski definition) is 3. The Morgan fingerprint density at radius 1 is 1.35 bits per heavy atom. The van der Waals surface area contributed by atoms with Crippen LogP contribution in [0, 0.1) is 5.82 Å². The first kappa shape index (κ1) is 12.3. The molecule has 0 aliphatic heterocycles. The first-order valence-electron chi connectivity index (χ1n) is 5.12. The molecule has 2 N–H and O–H groups in total. The van der Waals surface area contributed by atoms with Crippen molar-refractivity contribution in [1.82, 2.24) is 0 Å². The lowest BCUT2D eigenvalue weighted by molar-refractivity contribution is 0.623. The summed E-state index contributed by atoms with van der Waals surface area (Å²) < 4.78 is 25.0. The maximum Gasteiger partial charge on any atom is 0.124 e. The Hall–Kier alpha value is -1.20. The van der Waals surface area contributed by atoms with Crippen molar-refractivity contribution in [3.8, 4) is 0 Å². The summed E-state index contributed by atoms with van der Waals surface area (Å²) in [6.07, 6.45) is 0.722. The fraction of sp³-hybridized carbons (Fsp3) is 0.167. The van der Waals surface area contributed by atoms with Gasteiger partial charge in [0.05, 0.1) is 15.7 Å². The fourth-order valence-electron chi connectivity index (χ4n) is 1.46. The van der Waals surface area contributed by atoms with Crippen LogP contribution in [0.15, 0.2) is 40.6 Å². The lowest BCUT2D eigenvalue weighted by Gasteiger charge is -2.05. The molecule has 0 bridgehead atoms. The Kier molecular flexibility index (Phi) is 3.91. The van der Waals surface area contributed by atoms with E-state index in [0.717, 1.165) is 6.42 Å². The minimum atomic E-state index is -1.25. The van der Waals surface area contributed by atoms with E-state index in [2.05, 4.69) is 0 Å². The third-order valence-electron chi connectivity index (χ3n) is 2.33. The van der Waals surface area contributed by atoms with E-state index in [9.17, 15) is 8.60 Å². The second-order valence-corrected chi connectivity index (χ2v) is 6.13. The van der Waals surface area contributed by atoms with E-state index < -0.39 is 16.6 Å². The quantitative estimate of drug-likeness (QED) is 0.867. The number of halogens is 1. The normalized spacial score (nSPS) is 12.5. The Balaban J connectivity index is 2.07. The molecule has 1 heterocycles. The van der Waals surface area contributed by atoms with Gasteiger partial charge >= 0.3 is 0 Å². The molecule has 0 aliphatic carbocycles. The van der Waals surface area contributed by atoms with E-state index in [0.29, 0.717) is 16.3 Å². The number of thiophene rings is 1. The summed E-state index contributed by atoms with van der Waals surface area (Å²) in [4.78, 5) is 1.56. The molecule has 0 saturated carbocycles. The Morgan fingerprint density at radius 3 is 2.88 bits per heavy atom. The monoisotopic (exact) mass is 269 g/mol. The van der Waals surface area contributed by atoms with Crippen LogP contribution in [0.5, 0.6) is 0 Å². The lowest BCUT2D eigenvalue weighted by Crippen LogP contribution is -2.04. The fourth-order valence-corrected chi connectivity index (χ4v) is 3.50. The second kappa shape index (κ2) is 5.42. The SMILES string of the molecule is Nc1ccc(F)cc1S(=O)CCc1cccs1. The third-order valence-corrected chi connectivity index (χ3v) is 4.69. The van der Waals surface area contributed by atoms with Gasteiger partial charge in [0, 0.05) is 16.3 Å². The summed E-state index contributed by atoms with van der Waals surface area (Å²) in [5.41, 5.74) is 6.07. The summed E-state index contributed by atoms with van der Waals surface area (Å²) in [6.45, 7) is 0. The first-order valence-corrected chi connectivity index (χ1v) is 7.32. The molecule has 2 aromatic rings. The molecule has 1 aromatic heterocycles. The maximum atomic E-state index is 13.0. The van der Waals surface area contributed by atoms with Crippen molar-refractivity contribution >= 4 is 27.8 Å². The minimum absolute atomic E-state index is 0.385. The van der Waals surface area contributed by atoms with Gasteiger partial charge in [-0.25, -0.2) is 4.39 Å². The number of nitrogen functional groups attached to an aromatic ring is 1. The highest BCUT2D eigenvalue weighted by Gasteiger charge is 2.09. The molecule has 5 heteroatoms. The van der Waals surface area contributed by atoms with Crippen LogP contribution in [-0.4, -0.2) is 9.96 Å². The van der Waals surface area contributed by atoms with E-state index in [4.69, 9.17) is 5.73 Å². The molecule has 0 spiro atoms. The molecule has 0 amide bonds. The lowest BCUT2D eigenvalue weighted by atomic mass is 10.3. The van der Waals surface area contributed by atoms with Crippen LogP contribution in [0.2, 0.25) is 0 Å². The number of rotatable bonds is 4. The van der Waals surface area contributed by atoms with Crippen LogP contribution in [0.25, 0.3) is 0 Å². The largest absolute Gasteiger partial charge is 0.398 e. The highest BCUT2D eigenvalue weighted by Crippen LogP contribution is 2.19. The minimum Gasteiger partial charge on any atom is -0.398 e. The second-order valence-electron chi connectivity index (χ2n) is 3.56. The number of nitrogens with two attached hydrogens (primary N) is 1. The average Bonchev–Trinajstić information content (AvgIpc) is 2.82. The van der Waals surface area contributed by atoms with E-state index in [1.54, 1.807) is 11.3 Å². The van der Waals surface area contributed by atoms with E-state index in [-0.39, 0.29) is 0 Å². The van der Waals surface area contributed by atoms with Crippen molar-refractivity contribution in [3.05, 3.63) is 46.4 Å². The molecule has 90 valence electrons. The number of anilines is 1. The van der Waals surface area contributed by atoms with Crippen LogP contribution in [0.1, 0.15) is 4.88 Å². The van der Waals surface area contributed by atoms with Crippen LogP contribution in [0.3, 0.4) is 0 Å². The highest BCUT2D eigenvalue weighted by atomic mass is 32.2. The zero-order valence-electron chi connectivity index (χ0n) is 9.06.